The Labute approximate surface area is 165 Å². The van der Waals surface area contributed by atoms with Gasteiger partial charge in [0.05, 0.1) is 12.7 Å². The van der Waals surface area contributed by atoms with Crippen molar-refractivity contribution in [3.63, 3.8) is 0 Å². The molecule has 2 aromatic carbocycles. The molecule has 28 heavy (non-hydrogen) atoms. The molecule has 0 aliphatic rings. The first-order chi connectivity index (χ1) is 13.6. The zero-order valence-corrected chi connectivity index (χ0v) is 16.1. The Morgan fingerprint density at radius 2 is 1.82 bits per heavy atom. The van der Waals surface area contributed by atoms with Gasteiger partial charge in [0.1, 0.15) is 16.5 Å². The van der Waals surface area contributed by atoms with Crippen molar-refractivity contribution in [1.82, 2.24) is 15.1 Å². The van der Waals surface area contributed by atoms with E-state index < -0.39 is 0 Å². The van der Waals surface area contributed by atoms with Crippen LogP contribution in [0.3, 0.4) is 0 Å². The number of phenolic OH excluding ortho intramolecular Hbond substituents is 1. The Balaban J connectivity index is 1.75. The molecule has 0 spiro atoms. The maximum atomic E-state index is 9.46. The van der Waals surface area contributed by atoms with Gasteiger partial charge in [-0.05, 0) is 55.0 Å². The molecule has 0 saturated heterocycles. The van der Waals surface area contributed by atoms with E-state index in [1.165, 1.54) is 11.3 Å². The molecule has 1 N–H and O–H groups in total. The molecule has 0 bridgehead atoms. The number of benzene rings is 2. The van der Waals surface area contributed by atoms with E-state index in [2.05, 4.69) is 15.1 Å². The number of hydrogen-bond donors (Lipinski definition) is 1. The summed E-state index contributed by atoms with van der Waals surface area (Å²) in [4.78, 5) is 9.12. The molecule has 4 rings (SSSR count). The van der Waals surface area contributed by atoms with Crippen molar-refractivity contribution in [2.75, 3.05) is 7.11 Å². The van der Waals surface area contributed by atoms with Gasteiger partial charge in [-0.2, -0.15) is 4.98 Å². The zero-order valence-electron chi connectivity index (χ0n) is 15.3. The highest BCUT2D eigenvalue weighted by atomic mass is 32.1. The number of aromatic nitrogens is 3. The highest BCUT2D eigenvalue weighted by Crippen LogP contribution is 2.30. The molecule has 0 aliphatic heterocycles. The van der Waals surface area contributed by atoms with Crippen molar-refractivity contribution < 1.29 is 14.4 Å². The molecular weight excluding hydrogens is 374 g/mol. The van der Waals surface area contributed by atoms with Gasteiger partial charge in [0.2, 0.25) is 5.82 Å². The standard InChI is InChI=1S/C21H17N3O3S/c1-13-12-28-21(22-13)18(11-14-3-9-17(26-2)10-4-14)20-23-19(24-27-20)15-5-7-16(25)8-6-15/h3-12,25H,1-2H3. The molecule has 0 fully saturated rings. The summed E-state index contributed by atoms with van der Waals surface area (Å²) in [5, 5.41) is 16.3. The number of aryl methyl sites for hydroxylation is 1. The smallest absolute Gasteiger partial charge is 0.261 e. The lowest BCUT2D eigenvalue weighted by atomic mass is 10.1. The lowest BCUT2D eigenvalue weighted by Crippen LogP contribution is -1.90. The molecule has 0 radical (unpaired) electrons. The highest BCUT2D eigenvalue weighted by Gasteiger charge is 2.17. The average Bonchev–Trinajstić information content (AvgIpc) is 3.37. The molecule has 2 heterocycles. The van der Waals surface area contributed by atoms with Crippen LogP contribution in [0.1, 0.15) is 22.2 Å². The van der Waals surface area contributed by atoms with E-state index in [0.717, 1.165) is 33.2 Å². The quantitative estimate of drug-likeness (QED) is 0.526. The number of nitrogens with zero attached hydrogens (tertiary/aromatic N) is 3. The Morgan fingerprint density at radius 3 is 2.46 bits per heavy atom. The summed E-state index contributed by atoms with van der Waals surface area (Å²) < 4.78 is 10.8. The fourth-order valence-corrected chi connectivity index (χ4v) is 3.42. The van der Waals surface area contributed by atoms with Crippen LogP contribution in [-0.2, 0) is 0 Å². The van der Waals surface area contributed by atoms with Crippen LogP contribution in [0.4, 0.5) is 0 Å². The van der Waals surface area contributed by atoms with Gasteiger partial charge in [-0.3, -0.25) is 0 Å². The predicted molar refractivity (Wildman–Crippen MR) is 108 cm³/mol. The van der Waals surface area contributed by atoms with Gasteiger partial charge in [-0.25, -0.2) is 4.98 Å². The first-order valence-electron chi connectivity index (χ1n) is 8.54. The second kappa shape index (κ2) is 7.66. The third-order valence-electron chi connectivity index (χ3n) is 4.06. The van der Waals surface area contributed by atoms with Crippen LogP contribution >= 0.6 is 11.3 Å². The van der Waals surface area contributed by atoms with Crippen molar-refractivity contribution in [1.29, 1.82) is 0 Å². The van der Waals surface area contributed by atoms with Gasteiger partial charge in [0.15, 0.2) is 0 Å². The largest absolute Gasteiger partial charge is 0.508 e. The van der Waals surface area contributed by atoms with E-state index in [0.29, 0.717) is 11.7 Å². The van der Waals surface area contributed by atoms with E-state index in [4.69, 9.17) is 9.26 Å². The second-order valence-electron chi connectivity index (χ2n) is 6.10. The molecular formula is C21H17N3O3S. The molecule has 140 valence electrons. The summed E-state index contributed by atoms with van der Waals surface area (Å²) in [7, 11) is 1.64. The number of aromatic hydroxyl groups is 1. The Hall–Kier alpha value is -3.45. The van der Waals surface area contributed by atoms with Crippen molar-refractivity contribution in [2.24, 2.45) is 0 Å². The van der Waals surface area contributed by atoms with Gasteiger partial charge in [-0.15, -0.1) is 11.3 Å². The van der Waals surface area contributed by atoms with Gasteiger partial charge in [0.25, 0.3) is 5.89 Å². The SMILES string of the molecule is COc1ccc(C=C(c2nc(-c3ccc(O)cc3)no2)c2nc(C)cs2)cc1. The molecule has 0 amide bonds. The number of hydrogen-bond acceptors (Lipinski definition) is 7. The van der Waals surface area contributed by atoms with Crippen LogP contribution in [0, 0.1) is 6.92 Å². The summed E-state index contributed by atoms with van der Waals surface area (Å²) in [6, 6.07) is 14.4. The van der Waals surface area contributed by atoms with E-state index >= 15 is 0 Å². The lowest BCUT2D eigenvalue weighted by Gasteiger charge is -2.02. The van der Waals surface area contributed by atoms with Crippen LogP contribution in [0.5, 0.6) is 11.5 Å². The average molecular weight is 391 g/mol. The van der Waals surface area contributed by atoms with Crippen LogP contribution in [0.25, 0.3) is 23.0 Å². The lowest BCUT2D eigenvalue weighted by molar-refractivity contribution is 0.409. The maximum absolute atomic E-state index is 9.46. The third-order valence-corrected chi connectivity index (χ3v) is 5.05. The molecule has 0 aliphatic carbocycles. The molecule has 0 unspecified atom stereocenters. The van der Waals surface area contributed by atoms with E-state index in [1.54, 1.807) is 31.4 Å². The predicted octanol–water partition coefficient (Wildman–Crippen LogP) is 4.80. The molecule has 7 heteroatoms. The molecule has 2 aromatic heterocycles. The number of ether oxygens (including phenoxy) is 1. The number of methoxy groups -OCH3 is 1. The Bertz CT molecular complexity index is 1110. The minimum Gasteiger partial charge on any atom is -0.508 e. The van der Waals surface area contributed by atoms with Gasteiger partial charge < -0.3 is 14.4 Å². The summed E-state index contributed by atoms with van der Waals surface area (Å²) >= 11 is 1.52. The zero-order chi connectivity index (χ0) is 19.5. The van der Waals surface area contributed by atoms with Crippen molar-refractivity contribution in [3.05, 3.63) is 76.1 Å². The summed E-state index contributed by atoms with van der Waals surface area (Å²) in [5.74, 6) is 1.80. The van der Waals surface area contributed by atoms with Crippen LogP contribution in [-0.4, -0.2) is 27.3 Å². The van der Waals surface area contributed by atoms with Gasteiger partial charge in [-0.1, -0.05) is 17.3 Å². The van der Waals surface area contributed by atoms with Crippen molar-refractivity contribution in [2.45, 2.75) is 6.92 Å². The van der Waals surface area contributed by atoms with Crippen LogP contribution in [0.2, 0.25) is 0 Å². The molecule has 6 nitrogen and oxygen atoms in total. The van der Waals surface area contributed by atoms with Crippen molar-refractivity contribution >= 4 is 23.0 Å². The molecule has 4 aromatic rings. The minimum atomic E-state index is 0.186. The first-order valence-corrected chi connectivity index (χ1v) is 9.42. The topological polar surface area (TPSA) is 81.3 Å². The fraction of sp³-hybridized carbons (Fsp3) is 0.0952. The minimum absolute atomic E-state index is 0.186. The molecule has 0 atom stereocenters. The third kappa shape index (κ3) is 3.79. The first kappa shape index (κ1) is 17.9. The molecule has 0 saturated carbocycles. The van der Waals surface area contributed by atoms with Crippen LogP contribution in [0.15, 0.2) is 58.4 Å². The Kier molecular flexibility index (Phi) is 4.90. The number of phenols is 1. The summed E-state index contributed by atoms with van der Waals surface area (Å²) in [5.41, 5.74) is 3.40. The van der Waals surface area contributed by atoms with E-state index in [1.807, 2.05) is 42.6 Å². The van der Waals surface area contributed by atoms with E-state index in [9.17, 15) is 5.11 Å². The van der Waals surface area contributed by atoms with Gasteiger partial charge >= 0.3 is 0 Å². The second-order valence-corrected chi connectivity index (χ2v) is 6.95. The van der Waals surface area contributed by atoms with Gasteiger partial charge in [0, 0.05) is 16.6 Å². The monoisotopic (exact) mass is 391 g/mol. The number of rotatable bonds is 5. The maximum Gasteiger partial charge on any atom is 0.261 e. The highest BCUT2D eigenvalue weighted by molar-refractivity contribution is 7.11. The normalized spacial score (nSPS) is 11.6. The van der Waals surface area contributed by atoms with E-state index in [-0.39, 0.29) is 5.75 Å². The van der Waals surface area contributed by atoms with Crippen molar-refractivity contribution in [3.8, 4) is 22.9 Å². The summed E-state index contributed by atoms with van der Waals surface area (Å²) in [6.45, 7) is 1.95. The Morgan fingerprint density at radius 1 is 1.07 bits per heavy atom. The number of thiazole rings is 1. The fourth-order valence-electron chi connectivity index (χ4n) is 2.62. The van der Waals surface area contributed by atoms with Crippen LogP contribution < -0.4 is 4.74 Å². The summed E-state index contributed by atoms with van der Waals surface area (Å²) in [6.07, 6.45) is 1.96.